The number of nitrogens with one attached hydrogen (secondary N) is 1. The minimum Gasteiger partial charge on any atom is -0.351 e. The summed E-state index contributed by atoms with van der Waals surface area (Å²) in [7, 11) is 0. The van der Waals surface area contributed by atoms with Crippen LogP contribution in [0.5, 0.6) is 0 Å². The zero-order valence-electron chi connectivity index (χ0n) is 17.3. The van der Waals surface area contributed by atoms with Gasteiger partial charge in [-0.25, -0.2) is 0 Å². The molecule has 0 saturated heterocycles. The van der Waals surface area contributed by atoms with Gasteiger partial charge in [0.1, 0.15) is 11.9 Å². The Morgan fingerprint density at radius 2 is 1.52 bits per heavy atom. The van der Waals surface area contributed by atoms with Crippen LogP contribution in [0.1, 0.15) is 49.3 Å². The molecule has 2 aromatic rings. The lowest BCUT2D eigenvalue weighted by atomic mass is 9.94. The average molecular weight is 482 g/mol. The van der Waals surface area contributed by atoms with Crippen molar-refractivity contribution in [2.45, 2.75) is 50.6 Å². The van der Waals surface area contributed by atoms with E-state index < -0.39 is 6.04 Å². The van der Waals surface area contributed by atoms with Crippen molar-refractivity contribution in [1.82, 2.24) is 10.2 Å². The topological polar surface area (TPSA) is 49.4 Å². The Labute approximate surface area is 198 Å². The van der Waals surface area contributed by atoms with Gasteiger partial charge in [-0.1, -0.05) is 66.7 Å². The van der Waals surface area contributed by atoms with Gasteiger partial charge in [0, 0.05) is 22.6 Å². The SMILES string of the molecule is O=C(NC1CCCCC1)C(c1ccc(Cl)cc1)N(CCc1ccc(Cl)cc1)C(=O)CCl. The van der Waals surface area contributed by atoms with Crippen molar-refractivity contribution in [2.24, 2.45) is 0 Å². The number of hydrogen-bond acceptors (Lipinski definition) is 2. The third-order valence-corrected chi connectivity index (χ3v) is 6.42. The molecular formula is C24H27Cl3N2O2. The van der Waals surface area contributed by atoms with Crippen molar-refractivity contribution in [2.75, 3.05) is 12.4 Å². The minimum absolute atomic E-state index is 0.139. The second kappa shape index (κ2) is 11.8. The molecule has 1 N–H and O–H groups in total. The number of alkyl halides is 1. The van der Waals surface area contributed by atoms with Crippen molar-refractivity contribution in [3.05, 3.63) is 69.7 Å². The Morgan fingerprint density at radius 3 is 2.10 bits per heavy atom. The monoisotopic (exact) mass is 480 g/mol. The van der Waals surface area contributed by atoms with Gasteiger partial charge in [0.15, 0.2) is 0 Å². The van der Waals surface area contributed by atoms with E-state index in [4.69, 9.17) is 34.8 Å². The predicted molar refractivity (Wildman–Crippen MR) is 127 cm³/mol. The van der Waals surface area contributed by atoms with Gasteiger partial charge >= 0.3 is 0 Å². The molecule has 0 bridgehead atoms. The second-order valence-corrected chi connectivity index (χ2v) is 9.03. The van der Waals surface area contributed by atoms with Crippen LogP contribution in [0.3, 0.4) is 0 Å². The standard InChI is InChI=1S/C24H27Cl3N2O2/c25-16-22(30)29(15-14-17-6-10-19(26)11-7-17)23(18-8-12-20(27)13-9-18)24(31)28-21-4-2-1-3-5-21/h6-13,21,23H,1-5,14-16H2,(H,28,31). The van der Waals surface area contributed by atoms with Crippen LogP contribution in [0, 0.1) is 0 Å². The molecule has 31 heavy (non-hydrogen) atoms. The largest absolute Gasteiger partial charge is 0.351 e. The fourth-order valence-corrected chi connectivity index (χ4v) is 4.43. The lowest BCUT2D eigenvalue weighted by Gasteiger charge is -2.33. The zero-order valence-corrected chi connectivity index (χ0v) is 19.6. The van der Waals surface area contributed by atoms with E-state index in [-0.39, 0.29) is 23.7 Å². The van der Waals surface area contributed by atoms with Crippen LogP contribution in [0.25, 0.3) is 0 Å². The molecule has 0 aliphatic heterocycles. The summed E-state index contributed by atoms with van der Waals surface area (Å²) in [5, 5.41) is 4.40. The number of nitrogens with zero attached hydrogens (tertiary/aromatic N) is 1. The van der Waals surface area contributed by atoms with Gasteiger partial charge in [0.2, 0.25) is 11.8 Å². The van der Waals surface area contributed by atoms with Gasteiger partial charge in [-0.15, -0.1) is 11.6 Å². The molecule has 2 aromatic carbocycles. The Morgan fingerprint density at radius 1 is 0.935 bits per heavy atom. The van der Waals surface area contributed by atoms with Gasteiger partial charge in [-0.2, -0.15) is 0 Å². The van der Waals surface area contributed by atoms with Gasteiger partial charge in [0.25, 0.3) is 0 Å². The summed E-state index contributed by atoms with van der Waals surface area (Å²) >= 11 is 18.0. The molecule has 0 heterocycles. The Bertz CT molecular complexity index is 865. The van der Waals surface area contributed by atoms with Gasteiger partial charge in [-0.05, 0) is 54.7 Å². The number of benzene rings is 2. The van der Waals surface area contributed by atoms with E-state index in [9.17, 15) is 9.59 Å². The molecule has 1 unspecified atom stereocenters. The fraction of sp³-hybridized carbons (Fsp3) is 0.417. The van der Waals surface area contributed by atoms with E-state index in [1.165, 1.54) is 6.42 Å². The zero-order chi connectivity index (χ0) is 22.2. The first-order valence-corrected chi connectivity index (χ1v) is 11.9. The molecule has 3 rings (SSSR count). The summed E-state index contributed by atoms with van der Waals surface area (Å²) in [6, 6.07) is 13.9. The first-order valence-electron chi connectivity index (χ1n) is 10.6. The van der Waals surface area contributed by atoms with E-state index in [0.29, 0.717) is 28.6 Å². The number of halogens is 3. The van der Waals surface area contributed by atoms with E-state index in [2.05, 4.69) is 5.32 Å². The minimum atomic E-state index is -0.766. The summed E-state index contributed by atoms with van der Waals surface area (Å²) in [5.74, 6) is -0.653. The van der Waals surface area contributed by atoms with Crippen LogP contribution in [0.2, 0.25) is 10.0 Å². The number of amides is 2. The molecule has 1 fully saturated rings. The summed E-state index contributed by atoms with van der Waals surface area (Å²) in [4.78, 5) is 27.8. The molecule has 7 heteroatoms. The lowest BCUT2D eigenvalue weighted by Crippen LogP contribution is -2.48. The first-order chi connectivity index (χ1) is 15.0. The van der Waals surface area contributed by atoms with Crippen LogP contribution < -0.4 is 5.32 Å². The summed E-state index contributed by atoms with van der Waals surface area (Å²) < 4.78 is 0. The Balaban J connectivity index is 1.85. The highest BCUT2D eigenvalue weighted by molar-refractivity contribution is 6.30. The third-order valence-electron chi connectivity index (χ3n) is 5.69. The molecule has 0 radical (unpaired) electrons. The number of hydrogen-bond donors (Lipinski definition) is 1. The molecule has 1 saturated carbocycles. The highest BCUT2D eigenvalue weighted by atomic mass is 35.5. The van der Waals surface area contributed by atoms with E-state index in [1.807, 2.05) is 24.3 Å². The molecule has 1 aliphatic rings. The van der Waals surface area contributed by atoms with Crippen molar-refractivity contribution in [3.63, 3.8) is 0 Å². The summed E-state index contributed by atoms with van der Waals surface area (Å²) in [6.07, 6.45) is 5.93. The first kappa shape index (κ1) is 23.9. The van der Waals surface area contributed by atoms with Crippen molar-refractivity contribution in [1.29, 1.82) is 0 Å². The quantitative estimate of drug-likeness (QED) is 0.485. The van der Waals surface area contributed by atoms with Crippen LogP contribution in [-0.4, -0.2) is 35.2 Å². The number of carbonyl (C=O) groups is 2. The molecule has 166 valence electrons. The van der Waals surface area contributed by atoms with Crippen LogP contribution in [0.15, 0.2) is 48.5 Å². The average Bonchev–Trinajstić information content (AvgIpc) is 2.78. The third kappa shape index (κ3) is 6.86. The molecule has 4 nitrogen and oxygen atoms in total. The molecule has 0 aromatic heterocycles. The lowest BCUT2D eigenvalue weighted by molar-refractivity contribution is -0.139. The molecule has 1 aliphatic carbocycles. The molecular weight excluding hydrogens is 455 g/mol. The predicted octanol–water partition coefficient (Wildman–Crippen LogP) is 5.79. The maximum absolute atomic E-state index is 13.4. The molecule has 2 amide bonds. The number of carbonyl (C=O) groups excluding carboxylic acids is 2. The van der Waals surface area contributed by atoms with E-state index in [1.54, 1.807) is 29.2 Å². The summed E-state index contributed by atoms with van der Waals surface area (Å²) in [5.41, 5.74) is 1.74. The smallest absolute Gasteiger partial charge is 0.247 e. The van der Waals surface area contributed by atoms with Crippen molar-refractivity contribution >= 4 is 46.6 Å². The van der Waals surface area contributed by atoms with Crippen LogP contribution in [0.4, 0.5) is 0 Å². The molecule has 1 atom stereocenters. The van der Waals surface area contributed by atoms with Gasteiger partial charge in [-0.3, -0.25) is 9.59 Å². The van der Waals surface area contributed by atoms with Crippen molar-refractivity contribution in [3.8, 4) is 0 Å². The Hall–Kier alpha value is -1.75. The maximum Gasteiger partial charge on any atom is 0.247 e. The molecule has 0 spiro atoms. The van der Waals surface area contributed by atoms with E-state index >= 15 is 0 Å². The highest BCUT2D eigenvalue weighted by Gasteiger charge is 2.32. The highest BCUT2D eigenvalue weighted by Crippen LogP contribution is 2.26. The Kier molecular flexibility index (Phi) is 9.06. The maximum atomic E-state index is 13.4. The van der Waals surface area contributed by atoms with Crippen molar-refractivity contribution < 1.29 is 9.59 Å². The van der Waals surface area contributed by atoms with Crippen LogP contribution >= 0.6 is 34.8 Å². The normalized spacial score (nSPS) is 15.3. The van der Waals surface area contributed by atoms with Gasteiger partial charge < -0.3 is 10.2 Å². The number of rotatable bonds is 8. The van der Waals surface area contributed by atoms with E-state index in [0.717, 1.165) is 31.2 Å². The van der Waals surface area contributed by atoms with Crippen LogP contribution in [-0.2, 0) is 16.0 Å². The second-order valence-electron chi connectivity index (χ2n) is 7.89. The fourth-order valence-electron chi connectivity index (χ4n) is 4.02. The summed E-state index contributed by atoms with van der Waals surface area (Å²) in [6.45, 7) is 0.360. The van der Waals surface area contributed by atoms with Gasteiger partial charge in [0.05, 0.1) is 0 Å².